The first-order valence-corrected chi connectivity index (χ1v) is 11.6. The van der Waals surface area contributed by atoms with E-state index < -0.39 is 11.6 Å². The Morgan fingerprint density at radius 2 is 1.82 bits per heavy atom. The van der Waals surface area contributed by atoms with Crippen LogP contribution in [0.5, 0.6) is 11.5 Å². The van der Waals surface area contributed by atoms with Crippen molar-refractivity contribution in [3.05, 3.63) is 92.5 Å². The number of fused-ring (bicyclic) bond motifs is 1. The van der Waals surface area contributed by atoms with Crippen molar-refractivity contribution < 1.29 is 18.3 Å². The highest BCUT2D eigenvalue weighted by Gasteiger charge is 2.12. The summed E-state index contributed by atoms with van der Waals surface area (Å²) in [5, 5.41) is 6.53. The molecule has 4 aromatic rings. The van der Waals surface area contributed by atoms with Crippen molar-refractivity contribution in [1.82, 2.24) is 4.68 Å². The van der Waals surface area contributed by atoms with Crippen LogP contribution < -0.4 is 14.3 Å². The predicted octanol–water partition coefficient (Wildman–Crippen LogP) is 6.14. The quantitative estimate of drug-likeness (QED) is 0.299. The van der Waals surface area contributed by atoms with Crippen molar-refractivity contribution in [2.45, 2.75) is 0 Å². The van der Waals surface area contributed by atoms with E-state index in [1.54, 1.807) is 10.9 Å². The summed E-state index contributed by atoms with van der Waals surface area (Å²) in [5.74, 6) is -0.0448. The molecule has 0 amide bonds. The molecular weight excluding hydrogens is 512 g/mol. The zero-order valence-electron chi connectivity index (χ0n) is 17.0. The molecule has 5 rings (SSSR count). The summed E-state index contributed by atoms with van der Waals surface area (Å²) in [6, 6.07) is 16.6. The fourth-order valence-electron chi connectivity index (χ4n) is 3.27. The van der Waals surface area contributed by atoms with Crippen LogP contribution in [-0.4, -0.2) is 24.1 Å². The molecule has 166 valence electrons. The van der Waals surface area contributed by atoms with Crippen molar-refractivity contribution in [2.75, 3.05) is 13.2 Å². The monoisotopic (exact) mass is 527 g/mol. The number of nitrogens with zero attached hydrogens (tertiary/aromatic N) is 3. The molecule has 9 heteroatoms. The molecule has 0 radical (unpaired) electrons. The predicted molar refractivity (Wildman–Crippen MR) is 127 cm³/mol. The van der Waals surface area contributed by atoms with E-state index in [9.17, 15) is 8.78 Å². The summed E-state index contributed by atoms with van der Waals surface area (Å²) in [6.07, 6.45) is 1.67. The van der Waals surface area contributed by atoms with Crippen LogP contribution >= 0.6 is 27.3 Å². The average molecular weight is 528 g/mol. The Balaban J connectivity index is 1.61. The van der Waals surface area contributed by atoms with Gasteiger partial charge in [0.25, 0.3) is 0 Å². The molecule has 0 N–H and O–H groups in total. The number of aromatic nitrogens is 1. The van der Waals surface area contributed by atoms with Gasteiger partial charge >= 0.3 is 0 Å². The lowest BCUT2D eigenvalue weighted by atomic mass is 10.2. The number of rotatable bonds is 4. The van der Waals surface area contributed by atoms with E-state index in [1.807, 2.05) is 47.8 Å². The molecule has 0 saturated heterocycles. The molecule has 0 aliphatic carbocycles. The van der Waals surface area contributed by atoms with Crippen molar-refractivity contribution in [3.8, 4) is 22.8 Å². The van der Waals surface area contributed by atoms with Gasteiger partial charge in [-0.15, -0.1) is 11.3 Å². The van der Waals surface area contributed by atoms with Gasteiger partial charge in [-0.05, 0) is 48.0 Å². The standard InChI is InChI=1S/C24H16BrF2N3O2S/c25-17-3-1-2-16(11-17)21-14-33-24(29-20-6-5-18(26)12-19(20)27)30(21)28-13-15-4-7-22-23(10-15)32-9-8-31-22/h1-7,10-14H,8-9H2/b28-13+,29-24?. The fraction of sp³-hybridized carbons (Fsp3) is 0.0833. The van der Waals surface area contributed by atoms with Gasteiger partial charge in [0.2, 0.25) is 4.80 Å². The molecule has 1 aliphatic heterocycles. The maximum atomic E-state index is 14.3. The van der Waals surface area contributed by atoms with E-state index in [0.717, 1.165) is 27.4 Å². The largest absolute Gasteiger partial charge is 0.486 e. The third kappa shape index (κ3) is 4.74. The van der Waals surface area contributed by atoms with Gasteiger partial charge in [0.1, 0.15) is 24.7 Å². The van der Waals surface area contributed by atoms with Crippen LogP contribution in [0.1, 0.15) is 5.56 Å². The number of hydrogen-bond acceptors (Lipinski definition) is 5. The van der Waals surface area contributed by atoms with Gasteiger partial charge in [-0.1, -0.05) is 28.1 Å². The molecule has 2 heterocycles. The highest BCUT2D eigenvalue weighted by atomic mass is 79.9. The Kier molecular flexibility index (Phi) is 6.06. The lowest BCUT2D eigenvalue weighted by molar-refractivity contribution is 0.171. The van der Waals surface area contributed by atoms with Crippen LogP contribution in [-0.2, 0) is 0 Å². The van der Waals surface area contributed by atoms with Crippen LogP contribution in [0.3, 0.4) is 0 Å². The van der Waals surface area contributed by atoms with Crippen LogP contribution in [0.4, 0.5) is 14.5 Å². The summed E-state index contributed by atoms with van der Waals surface area (Å²) in [5.41, 5.74) is 2.51. The first-order valence-electron chi connectivity index (χ1n) is 9.97. The molecule has 1 aliphatic rings. The molecule has 0 atom stereocenters. The van der Waals surface area contributed by atoms with Crippen LogP contribution in [0, 0.1) is 11.6 Å². The molecule has 0 unspecified atom stereocenters. The third-order valence-corrected chi connectivity index (χ3v) is 6.13. The van der Waals surface area contributed by atoms with Gasteiger partial charge in [0.15, 0.2) is 17.3 Å². The van der Waals surface area contributed by atoms with Crippen LogP contribution in [0.25, 0.3) is 11.3 Å². The molecule has 0 fully saturated rings. The van der Waals surface area contributed by atoms with E-state index in [4.69, 9.17) is 9.47 Å². The zero-order valence-corrected chi connectivity index (χ0v) is 19.4. The van der Waals surface area contributed by atoms with Crippen LogP contribution in [0.15, 0.2) is 80.6 Å². The summed E-state index contributed by atoms with van der Waals surface area (Å²) in [4.78, 5) is 4.84. The van der Waals surface area contributed by atoms with Crippen molar-refractivity contribution >= 4 is 39.2 Å². The van der Waals surface area contributed by atoms with E-state index >= 15 is 0 Å². The maximum absolute atomic E-state index is 14.3. The Morgan fingerprint density at radius 3 is 2.64 bits per heavy atom. The highest BCUT2D eigenvalue weighted by molar-refractivity contribution is 9.10. The second kappa shape index (κ2) is 9.29. The van der Waals surface area contributed by atoms with E-state index in [-0.39, 0.29) is 5.69 Å². The first-order chi connectivity index (χ1) is 16.1. The lowest BCUT2D eigenvalue weighted by Gasteiger charge is -2.18. The Labute approximate surface area is 200 Å². The molecule has 3 aromatic carbocycles. The minimum atomic E-state index is -0.741. The van der Waals surface area contributed by atoms with Gasteiger partial charge in [-0.25, -0.2) is 18.4 Å². The second-order valence-electron chi connectivity index (χ2n) is 7.08. The molecule has 0 spiro atoms. The summed E-state index contributed by atoms with van der Waals surface area (Å²) in [6.45, 7) is 1.01. The number of hydrogen-bond donors (Lipinski definition) is 0. The summed E-state index contributed by atoms with van der Waals surface area (Å²) < 4.78 is 41.3. The molecule has 5 nitrogen and oxygen atoms in total. The second-order valence-corrected chi connectivity index (χ2v) is 8.83. The highest BCUT2D eigenvalue weighted by Crippen LogP contribution is 2.30. The van der Waals surface area contributed by atoms with E-state index in [2.05, 4.69) is 26.0 Å². The average Bonchev–Trinajstić information content (AvgIpc) is 3.22. The normalized spacial score (nSPS) is 13.6. The van der Waals surface area contributed by atoms with Gasteiger partial charge in [0, 0.05) is 21.5 Å². The van der Waals surface area contributed by atoms with Crippen LogP contribution in [0.2, 0.25) is 0 Å². The number of thiazole rings is 1. The van der Waals surface area contributed by atoms with Crippen molar-refractivity contribution in [3.63, 3.8) is 0 Å². The van der Waals surface area contributed by atoms with Gasteiger partial charge in [-0.3, -0.25) is 0 Å². The molecule has 33 heavy (non-hydrogen) atoms. The van der Waals surface area contributed by atoms with Crippen molar-refractivity contribution in [1.29, 1.82) is 0 Å². The zero-order chi connectivity index (χ0) is 22.8. The third-order valence-electron chi connectivity index (χ3n) is 4.82. The maximum Gasteiger partial charge on any atom is 0.211 e. The summed E-state index contributed by atoms with van der Waals surface area (Å²) in [7, 11) is 0. The Morgan fingerprint density at radius 1 is 0.970 bits per heavy atom. The molecular formula is C24H16BrF2N3O2S. The lowest BCUT2D eigenvalue weighted by Crippen LogP contribution is -2.15. The Bertz CT molecular complexity index is 1430. The summed E-state index contributed by atoms with van der Waals surface area (Å²) >= 11 is 4.80. The van der Waals surface area contributed by atoms with Gasteiger partial charge in [0.05, 0.1) is 11.9 Å². The number of ether oxygens (including phenoxy) is 2. The fourth-order valence-corrected chi connectivity index (χ4v) is 4.52. The number of halogens is 3. The molecule has 1 aromatic heterocycles. The van der Waals surface area contributed by atoms with Gasteiger partial charge in [-0.2, -0.15) is 5.10 Å². The van der Waals surface area contributed by atoms with E-state index in [0.29, 0.717) is 29.5 Å². The molecule has 0 saturated carbocycles. The first kappa shape index (κ1) is 21.5. The van der Waals surface area contributed by atoms with Crippen molar-refractivity contribution in [2.24, 2.45) is 10.1 Å². The smallest absolute Gasteiger partial charge is 0.211 e. The van der Waals surface area contributed by atoms with E-state index in [1.165, 1.54) is 23.5 Å². The topological polar surface area (TPSA) is 48.1 Å². The van der Waals surface area contributed by atoms with Gasteiger partial charge < -0.3 is 9.47 Å². The minimum Gasteiger partial charge on any atom is -0.486 e. The number of benzene rings is 3. The Hall–Kier alpha value is -3.30. The molecule has 0 bridgehead atoms. The SMILES string of the molecule is Fc1ccc(N=c2scc(-c3cccc(Br)c3)n2/N=C/c2ccc3c(c2)OCCO3)c(F)c1. The minimum absolute atomic E-state index is 0.0299.